The Morgan fingerprint density at radius 3 is 1.78 bits per heavy atom. The van der Waals surface area contributed by atoms with Gasteiger partial charge in [-0.2, -0.15) is 0 Å². The Balaban J connectivity index is 1.81. The molecule has 1 aromatic rings. The Morgan fingerprint density at radius 2 is 1.31 bits per heavy atom. The zero-order chi connectivity index (χ0) is 26.7. The fraction of sp³-hybridized carbons (Fsp3) is 0.696. The Hall–Kier alpha value is -2.22. The average molecular weight is 536 g/mol. The molecule has 0 aliphatic carbocycles. The molecule has 36 heavy (non-hydrogen) atoms. The van der Waals surface area contributed by atoms with Gasteiger partial charge in [0.1, 0.15) is 5.60 Å². The number of carbonyl (C=O) groups is 1. The predicted molar refractivity (Wildman–Crippen MR) is 135 cm³/mol. The van der Waals surface area contributed by atoms with E-state index in [-0.39, 0.29) is 5.69 Å². The first-order valence-corrected chi connectivity index (χ1v) is 12.1. The van der Waals surface area contributed by atoms with Gasteiger partial charge in [0.05, 0.1) is 71.0 Å². The molecule has 0 aromatic heterocycles. The molecule has 0 unspecified atom stereocenters. The summed E-state index contributed by atoms with van der Waals surface area (Å²) in [6.07, 6.45) is -0.463. The molecule has 0 fully saturated rings. The number of nitro groups is 1. The van der Waals surface area contributed by atoms with E-state index in [0.717, 1.165) is 0 Å². The van der Waals surface area contributed by atoms with Crippen molar-refractivity contribution < 1.29 is 38.1 Å². The Morgan fingerprint density at radius 1 is 0.833 bits per heavy atom. The number of hydrogen-bond acceptors (Lipinski definition) is 10. The molecule has 206 valence electrons. The van der Waals surface area contributed by atoms with E-state index in [1.54, 1.807) is 26.8 Å². The van der Waals surface area contributed by atoms with Crippen molar-refractivity contribution in [1.82, 2.24) is 5.32 Å². The Kier molecular flexibility index (Phi) is 16.8. The maximum Gasteiger partial charge on any atom is 0.407 e. The van der Waals surface area contributed by atoms with Crippen molar-refractivity contribution in [2.75, 3.05) is 84.5 Å². The van der Waals surface area contributed by atoms with Crippen LogP contribution in [0.1, 0.15) is 20.8 Å². The number of anilines is 1. The number of carbonyl (C=O) groups excluding carboxylic acids is 1. The molecule has 2 N–H and O–H groups in total. The summed E-state index contributed by atoms with van der Waals surface area (Å²) in [5, 5.41) is 16.8. The van der Waals surface area contributed by atoms with Gasteiger partial charge in [-0.25, -0.2) is 4.79 Å². The molecule has 0 bridgehead atoms. The molecule has 13 heteroatoms. The van der Waals surface area contributed by atoms with Crippen molar-refractivity contribution in [2.45, 2.75) is 26.4 Å². The average Bonchev–Trinajstić information content (AvgIpc) is 2.79. The summed E-state index contributed by atoms with van der Waals surface area (Å²) in [4.78, 5) is 21.8. The minimum atomic E-state index is -0.518. The maximum absolute atomic E-state index is 11.4. The van der Waals surface area contributed by atoms with Crippen molar-refractivity contribution in [3.8, 4) is 0 Å². The van der Waals surface area contributed by atoms with Gasteiger partial charge in [0.2, 0.25) is 0 Å². The van der Waals surface area contributed by atoms with E-state index in [4.69, 9.17) is 40.0 Å². The molecule has 1 amide bonds. The summed E-state index contributed by atoms with van der Waals surface area (Å²) in [5.74, 6) is 0. The maximum atomic E-state index is 11.4. The number of amides is 1. The van der Waals surface area contributed by atoms with Crippen LogP contribution in [0.4, 0.5) is 16.2 Å². The lowest BCUT2D eigenvalue weighted by atomic mass is 10.2. The monoisotopic (exact) mass is 535 g/mol. The zero-order valence-corrected chi connectivity index (χ0v) is 22.0. The van der Waals surface area contributed by atoms with Gasteiger partial charge in [-0.15, -0.1) is 0 Å². The quantitative estimate of drug-likeness (QED) is 0.145. The van der Waals surface area contributed by atoms with Crippen molar-refractivity contribution in [3.05, 3.63) is 33.3 Å². The Bertz CT molecular complexity index is 763. The van der Waals surface area contributed by atoms with Gasteiger partial charge in [0, 0.05) is 35.9 Å². The number of hydrogen-bond donors (Lipinski definition) is 2. The number of non-ortho nitro benzene ring substituents is 1. The fourth-order valence-corrected chi connectivity index (χ4v) is 2.80. The molecule has 12 nitrogen and oxygen atoms in total. The smallest absolute Gasteiger partial charge is 0.407 e. The van der Waals surface area contributed by atoms with E-state index in [2.05, 4.69) is 10.6 Å². The van der Waals surface area contributed by atoms with Gasteiger partial charge in [-0.05, 0) is 26.8 Å². The van der Waals surface area contributed by atoms with Crippen LogP contribution in [0.3, 0.4) is 0 Å². The summed E-state index contributed by atoms with van der Waals surface area (Å²) in [5.41, 5.74) is -0.0190. The molecule has 1 rings (SSSR count). The molecule has 0 aliphatic heterocycles. The van der Waals surface area contributed by atoms with Crippen molar-refractivity contribution in [2.24, 2.45) is 0 Å². The lowest BCUT2D eigenvalue weighted by Gasteiger charge is -2.19. The number of nitro benzene ring substituents is 1. The molecule has 0 radical (unpaired) electrons. The first-order chi connectivity index (χ1) is 17.2. The number of rotatable bonds is 20. The molecule has 0 spiro atoms. The lowest BCUT2D eigenvalue weighted by Crippen LogP contribution is -2.34. The minimum Gasteiger partial charge on any atom is -0.444 e. The van der Waals surface area contributed by atoms with Crippen LogP contribution in [-0.4, -0.2) is 95.8 Å². The molecule has 0 atom stereocenters. The SMILES string of the molecule is CC(C)(C)OC(=O)NCCOCCOCCOCCOCCOCCNc1cc(Cl)cc([N+](=O)[O-])c1. The van der Waals surface area contributed by atoms with Gasteiger partial charge in [0.25, 0.3) is 5.69 Å². The summed E-state index contributed by atoms with van der Waals surface area (Å²) < 4.78 is 32.2. The van der Waals surface area contributed by atoms with Crippen LogP contribution >= 0.6 is 11.6 Å². The Labute approximate surface area is 217 Å². The number of ether oxygens (including phenoxy) is 6. The van der Waals surface area contributed by atoms with E-state index < -0.39 is 16.6 Å². The van der Waals surface area contributed by atoms with Crippen molar-refractivity contribution in [1.29, 1.82) is 0 Å². The molecule has 1 aromatic carbocycles. The molecule has 0 aliphatic rings. The highest BCUT2D eigenvalue weighted by molar-refractivity contribution is 6.31. The predicted octanol–water partition coefficient (Wildman–Crippen LogP) is 3.27. The summed E-state index contributed by atoms with van der Waals surface area (Å²) in [6.45, 7) is 10.6. The second kappa shape index (κ2) is 19.0. The van der Waals surface area contributed by atoms with Gasteiger partial charge in [-0.1, -0.05) is 11.6 Å². The van der Waals surface area contributed by atoms with Gasteiger partial charge < -0.3 is 39.1 Å². The first-order valence-electron chi connectivity index (χ1n) is 11.7. The standard InChI is InChI=1S/C23H38ClN3O9/c1-23(2,3)36-22(28)26-5-7-32-9-11-34-13-15-35-14-12-33-10-8-31-6-4-25-20-16-19(24)17-21(18-20)27(29)30/h16-18,25H,4-15H2,1-3H3,(H,26,28). The van der Waals surface area contributed by atoms with E-state index in [1.165, 1.54) is 12.1 Å². The third-order valence-corrected chi connectivity index (χ3v) is 4.29. The zero-order valence-electron chi connectivity index (χ0n) is 21.2. The first kappa shape index (κ1) is 31.8. The molecule has 0 saturated heterocycles. The second-order valence-corrected chi connectivity index (χ2v) is 8.81. The van der Waals surface area contributed by atoms with Crippen LogP contribution < -0.4 is 10.6 Å². The highest BCUT2D eigenvalue weighted by Crippen LogP contribution is 2.23. The number of alkyl carbamates (subject to hydrolysis) is 1. The molecule has 0 heterocycles. The summed E-state index contributed by atoms with van der Waals surface area (Å²) >= 11 is 5.87. The van der Waals surface area contributed by atoms with Gasteiger partial charge in [0.15, 0.2) is 0 Å². The third-order valence-electron chi connectivity index (χ3n) is 4.07. The van der Waals surface area contributed by atoms with Crippen LogP contribution in [0.25, 0.3) is 0 Å². The van der Waals surface area contributed by atoms with Crippen LogP contribution in [0.5, 0.6) is 0 Å². The van der Waals surface area contributed by atoms with E-state index in [1.807, 2.05) is 0 Å². The normalized spacial score (nSPS) is 11.3. The summed E-state index contributed by atoms with van der Waals surface area (Å²) in [6, 6.07) is 4.33. The van der Waals surface area contributed by atoms with Crippen LogP contribution in [0.15, 0.2) is 18.2 Å². The largest absolute Gasteiger partial charge is 0.444 e. The van der Waals surface area contributed by atoms with Crippen molar-refractivity contribution >= 4 is 29.1 Å². The third kappa shape index (κ3) is 18.1. The van der Waals surface area contributed by atoms with Crippen LogP contribution in [0, 0.1) is 10.1 Å². The van der Waals surface area contributed by atoms with Crippen LogP contribution in [-0.2, 0) is 28.4 Å². The number of nitrogens with one attached hydrogen (secondary N) is 2. The van der Waals surface area contributed by atoms with E-state index in [0.29, 0.717) is 89.9 Å². The van der Waals surface area contributed by atoms with Crippen molar-refractivity contribution in [3.63, 3.8) is 0 Å². The van der Waals surface area contributed by atoms with E-state index in [9.17, 15) is 14.9 Å². The lowest BCUT2D eigenvalue weighted by molar-refractivity contribution is -0.384. The molecular weight excluding hydrogens is 498 g/mol. The number of nitrogens with zero attached hydrogens (tertiary/aromatic N) is 1. The number of halogens is 1. The fourth-order valence-electron chi connectivity index (χ4n) is 2.57. The highest BCUT2D eigenvalue weighted by Gasteiger charge is 2.15. The summed E-state index contributed by atoms with van der Waals surface area (Å²) in [7, 11) is 0. The minimum absolute atomic E-state index is 0.0661. The van der Waals surface area contributed by atoms with Gasteiger partial charge in [-0.3, -0.25) is 10.1 Å². The molecular formula is C23H38ClN3O9. The van der Waals surface area contributed by atoms with E-state index >= 15 is 0 Å². The highest BCUT2D eigenvalue weighted by atomic mass is 35.5. The number of benzene rings is 1. The topological polar surface area (TPSA) is 140 Å². The van der Waals surface area contributed by atoms with Crippen LogP contribution in [0.2, 0.25) is 5.02 Å². The second-order valence-electron chi connectivity index (χ2n) is 8.37. The van der Waals surface area contributed by atoms with Gasteiger partial charge >= 0.3 is 6.09 Å². The molecule has 0 saturated carbocycles.